The van der Waals surface area contributed by atoms with Crippen molar-refractivity contribution >= 4 is 32.4 Å². The van der Waals surface area contributed by atoms with Crippen LogP contribution in [0.1, 0.15) is 12.5 Å². The number of ether oxygens (including phenoxy) is 1. The van der Waals surface area contributed by atoms with Crippen LogP contribution in [-0.2, 0) is 14.8 Å². The first-order valence-electron chi connectivity index (χ1n) is 9.72. The third-order valence-corrected chi connectivity index (χ3v) is 6.03. The Balaban J connectivity index is 1.62. The van der Waals surface area contributed by atoms with Crippen LogP contribution in [0.5, 0.6) is 5.75 Å². The summed E-state index contributed by atoms with van der Waals surface area (Å²) in [6.45, 7) is 4.02. The minimum atomic E-state index is -3.63. The van der Waals surface area contributed by atoms with Crippen LogP contribution in [0.3, 0.4) is 0 Å². The number of nitrogens with zero attached hydrogens (tertiary/aromatic N) is 1. The fourth-order valence-corrected chi connectivity index (χ4v) is 4.48. The van der Waals surface area contributed by atoms with Gasteiger partial charge in [0.1, 0.15) is 18.4 Å². The van der Waals surface area contributed by atoms with Crippen molar-refractivity contribution in [3.8, 4) is 5.75 Å². The van der Waals surface area contributed by atoms with Crippen molar-refractivity contribution in [2.75, 3.05) is 23.7 Å². The van der Waals surface area contributed by atoms with Crippen molar-refractivity contribution in [2.24, 2.45) is 0 Å². The van der Waals surface area contributed by atoms with E-state index in [2.05, 4.69) is 5.32 Å². The normalized spacial score (nSPS) is 12.4. The average Bonchev–Trinajstić information content (AvgIpc) is 2.71. The molecule has 3 aromatic carbocycles. The molecule has 7 heteroatoms. The van der Waals surface area contributed by atoms with Gasteiger partial charge in [-0.05, 0) is 37.4 Å². The largest absolute Gasteiger partial charge is 0.491 e. The Morgan fingerprint density at radius 1 is 1.03 bits per heavy atom. The molecule has 0 fully saturated rings. The summed E-state index contributed by atoms with van der Waals surface area (Å²) in [5, 5.41) is 4.84. The Hall–Kier alpha value is -3.06. The fraction of sp³-hybridized carbons (Fsp3) is 0.261. The molecule has 3 rings (SSSR count). The van der Waals surface area contributed by atoms with E-state index in [1.54, 1.807) is 19.1 Å². The van der Waals surface area contributed by atoms with Gasteiger partial charge in [-0.15, -0.1) is 0 Å². The van der Waals surface area contributed by atoms with E-state index in [9.17, 15) is 13.2 Å². The van der Waals surface area contributed by atoms with Crippen molar-refractivity contribution < 1.29 is 17.9 Å². The Morgan fingerprint density at radius 3 is 2.40 bits per heavy atom. The fourth-order valence-electron chi connectivity index (χ4n) is 3.30. The molecule has 1 N–H and O–H groups in total. The van der Waals surface area contributed by atoms with Crippen LogP contribution >= 0.6 is 0 Å². The Morgan fingerprint density at radius 2 is 1.70 bits per heavy atom. The number of amides is 1. The maximum Gasteiger partial charge on any atom is 0.243 e. The van der Waals surface area contributed by atoms with E-state index >= 15 is 0 Å². The van der Waals surface area contributed by atoms with Gasteiger partial charge in [0.25, 0.3) is 0 Å². The molecule has 0 spiro atoms. The van der Waals surface area contributed by atoms with Gasteiger partial charge in [-0.25, -0.2) is 8.42 Å². The SMILES string of the molecule is Cc1ccc(N(C(C)C(=O)NCCOc2cccc3ccccc23)S(C)(=O)=O)cc1. The molecule has 1 atom stereocenters. The van der Waals surface area contributed by atoms with Crippen LogP contribution in [0.4, 0.5) is 5.69 Å². The van der Waals surface area contributed by atoms with Crippen LogP contribution in [0.15, 0.2) is 66.7 Å². The number of aryl methyl sites for hydroxylation is 1. The number of carbonyl (C=O) groups is 1. The molecule has 0 radical (unpaired) electrons. The average molecular weight is 427 g/mol. The molecule has 158 valence electrons. The topological polar surface area (TPSA) is 75.7 Å². The van der Waals surface area contributed by atoms with Gasteiger partial charge in [0.15, 0.2) is 0 Å². The van der Waals surface area contributed by atoms with Gasteiger partial charge < -0.3 is 10.1 Å². The van der Waals surface area contributed by atoms with Crippen LogP contribution in [0.2, 0.25) is 0 Å². The molecule has 3 aromatic rings. The highest BCUT2D eigenvalue weighted by atomic mass is 32.2. The van der Waals surface area contributed by atoms with Crippen molar-refractivity contribution in [3.63, 3.8) is 0 Å². The van der Waals surface area contributed by atoms with Crippen molar-refractivity contribution in [1.82, 2.24) is 5.32 Å². The molecule has 1 amide bonds. The lowest BCUT2D eigenvalue weighted by atomic mass is 10.1. The Kier molecular flexibility index (Phi) is 6.62. The number of benzene rings is 3. The molecule has 30 heavy (non-hydrogen) atoms. The standard InChI is InChI=1S/C23H26N2O4S/c1-17-11-13-20(14-12-17)25(30(3,27)28)18(2)23(26)24-15-16-29-22-10-6-8-19-7-4-5-9-21(19)22/h4-14,18H,15-16H2,1-3H3,(H,24,26). The predicted octanol–water partition coefficient (Wildman–Crippen LogP) is 3.50. The zero-order valence-corrected chi connectivity index (χ0v) is 18.1. The van der Waals surface area contributed by atoms with E-state index in [1.165, 1.54) is 0 Å². The van der Waals surface area contributed by atoms with Crippen molar-refractivity contribution in [2.45, 2.75) is 19.9 Å². The maximum absolute atomic E-state index is 12.6. The van der Waals surface area contributed by atoms with Crippen LogP contribution in [-0.4, -0.2) is 39.8 Å². The number of nitrogens with one attached hydrogen (secondary N) is 1. The van der Waals surface area contributed by atoms with E-state index in [1.807, 2.05) is 61.5 Å². The van der Waals surface area contributed by atoms with Gasteiger partial charge in [0, 0.05) is 5.39 Å². The highest BCUT2D eigenvalue weighted by Gasteiger charge is 2.28. The second-order valence-electron chi connectivity index (χ2n) is 7.19. The molecular weight excluding hydrogens is 400 g/mol. The summed E-state index contributed by atoms with van der Waals surface area (Å²) < 4.78 is 31.6. The van der Waals surface area contributed by atoms with E-state index in [0.717, 1.165) is 32.6 Å². The van der Waals surface area contributed by atoms with Gasteiger partial charge in [0.2, 0.25) is 15.9 Å². The number of anilines is 1. The first-order chi connectivity index (χ1) is 14.3. The first-order valence-corrected chi connectivity index (χ1v) is 11.6. The summed E-state index contributed by atoms with van der Waals surface area (Å²) in [7, 11) is -3.63. The molecular formula is C23H26N2O4S. The van der Waals surface area contributed by atoms with Gasteiger partial charge in [-0.3, -0.25) is 9.10 Å². The molecule has 1 unspecified atom stereocenters. The maximum atomic E-state index is 12.6. The second kappa shape index (κ2) is 9.17. The third-order valence-electron chi connectivity index (χ3n) is 4.79. The number of carbonyl (C=O) groups excluding carboxylic acids is 1. The summed E-state index contributed by atoms with van der Waals surface area (Å²) in [5.41, 5.74) is 1.47. The summed E-state index contributed by atoms with van der Waals surface area (Å²) in [5.74, 6) is 0.357. The number of sulfonamides is 1. The van der Waals surface area contributed by atoms with Crippen LogP contribution in [0, 0.1) is 6.92 Å². The summed E-state index contributed by atoms with van der Waals surface area (Å²) >= 11 is 0. The monoisotopic (exact) mass is 426 g/mol. The van der Waals surface area contributed by atoms with Crippen LogP contribution in [0.25, 0.3) is 10.8 Å². The second-order valence-corrected chi connectivity index (χ2v) is 9.05. The van der Waals surface area contributed by atoms with Gasteiger partial charge >= 0.3 is 0 Å². The molecule has 0 aliphatic rings. The molecule has 0 saturated heterocycles. The van der Waals surface area contributed by atoms with Crippen molar-refractivity contribution in [3.05, 3.63) is 72.3 Å². The van der Waals surface area contributed by atoms with Gasteiger partial charge in [0.05, 0.1) is 18.5 Å². The lowest BCUT2D eigenvalue weighted by molar-refractivity contribution is -0.121. The highest BCUT2D eigenvalue weighted by Crippen LogP contribution is 2.25. The molecule has 0 aromatic heterocycles. The van der Waals surface area contributed by atoms with E-state index in [4.69, 9.17) is 4.74 Å². The number of hydrogen-bond donors (Lipinski definition) is 1. The molecule has 0 bridgehead atoms. The van der Waals surface area contributed by atoms with Crippen LogP contribution < -0.4 is 14.4 Å². The predicted molar refractivity (Wildman–Crippen MR) is 120 cm³/mol. The highest BCUT2D eigenvalue weighted by molar-refractivity contribution is 7.92. The van der Waals surface area contributed by atoms with E-state index < -0.39 is 16.1 Å². The van der Waals surface area contributed by atoms with Gasteiger partial charge in [-0.2, -0.15) is 0 Å². The zero-order chi connectivity index (χ0) is 21.7. The quantitative estimate of drug-likeness (QED) is 0.560. The third kappa shape index (κ3) is 5.10. The summed E-state index contributed by atoms with van der Waals surface area (Å²) in [6.07, 6.45) is 1.10. The molecule has 0 aliphatic heterocycles. The Labute approximate surface area is 177 Å². The molecule has 6 nitrogen and oxygen atoms in total. The lowest BCUT2D eigenvalue weighted by Crippen LogP contribution is -2.48. The number of fused-ring (bicyclic) bond motifs is 1. The van der Waals surface area contributed by atoms with Crippen molar-refractivity contribution in [1.29, 1.82) is 0 Å². The first kappa shape index (κ1) is 21.6. The van der Waals surface area contributed by atoms with E-state index in [0.29, 0.717) is 5.69 Å². The molecule has 0 aliphatic carbocycles. The van der Waals surface area contributed by atoms with Gasteiger partial charge in [-0.1, -0.05) is 54.1 Å². The zero-order valence-electron chi connectivity index (χ0n) is 17.3. The minimum absolute atomic E-state index is 0.262. The number of hydrogen-bond acceptors (Lipinski definition) is 4. The smallest absolute Gasteiger partial charge is 0.243 e. The molecule has 0 heterocycles. The summed E-state index contributed by atoms with van der Waals surface area (Å²) in [4.78, 5) is 12.6. The number of rotatable bonds is 8. The minimum Gasteiger partial charge on any atom is -0.491 e. The van der Waals surface area contributed by atoms with E-state index in [-0.39, 0.29) is 19.1 Å². The Bertz CT molecular complexity index is 1120. The molecule has 0 saturated carbocycles. The lowest BCUT2D eigenvalue weighted by Gasteiger charge is -2.28. The summed E-state index contributed by atoms with van der Waals surface area (Å²) in [6, 6.07) is 19.9.